The van der Waals surface area contributed by atoms with Gasteiger partial charge in [0.2, 0.25) is 0 Å². The number of aliphatic hydroxyl groups excluding tert-OH is 2. The van der Waals surface area contributed by atoms with Crippen LogP contribution in [0.4, 0.5) is 0 Å². The van der Waals surface area contributed by atoms with E-state index in [0.717, 1.165) is 11.3 Å². The minimum absolute atomic E-state index is 0.0936. The highest BCUT2D eigenvalue weighted by molar-refractivity contribution is 7.14. The molecule has 1 aromatic heterocycles. The number of hydrogen-bond acceptors (Lipinski definition) is 7. The summed E-state index contributed by atoms with van der Waals surface area (Å²) in [5, 5.41) is 22.5. The van der Waals surface area contributed by atoms with Crippen LogP contribution in [0.2, 0.25) is 0 Å². The number of thiophene rings is 1. The topological polar surface area (TPSA) is 133 Å². The van der Waals surface area contributed by atoms with Crippen LogP contribution in [0.1, 0.15) is 27.6 Å². The third-order valence-corrected chi connectivity index (χ3v) is 3.45. The van der Waals surface area contributed by atoms with Crippen LogP contribution in [0.15, 0.2) is 17.2 Å². The zero-order valence-electron chi connectivity index (χ0n) is 10.6. The van der Waals surface area contributed by atoms with Crippen molar-refractivity contribution in [2.24, 2.45) is 5.11 Å². The zero-order valence-corrected chi connectivity index (χ0v) is 11.4. The molecule has 108 valence electrons. The second-order valence-electron chi connectivity index (χ2n) is 3.68. The van der Waals surface area contributed by atoms with E-state index >= 15 is 0 Å². The van der Waals surface area contributed by atoms with Gasteiger partial charge in [-0.1, -0.05) is 5.11 Å². The van der Waals surface area contributed by atoms with Crippen LogP contribution in [0.5, 0.6) is 0 Å². The summed E-state index contributed by atoms with van der Waals surface area (Å²) in [7, 11) is 0. The highest BCUT2D eigenvalue weighted by atomic mass is 32.1. The summed E-state index contributed by atoms with van der Waals surface area (Å²) in [5.41, 5.74) is 8.13. The monoisotopic (exact) mass is 299 g/mol. The molecule has 2 unspecified atom stereocenters. The standard InChI is InChI=1S/C11H13N3O5S/c1-2-19-11(18)10(17)8-4-3-7(20-8)9(16)6(15)5-13-14-12/h3-4,6,9,15-16H,2,5H2,1H3. The first-order chi connectivity index (χ1) is 9.51. The van der Waals surface area contributed by atoms with E-state index in [0.29, 0.717) is 4.88 Å². The lowest BCUT2D eigenvalue weighted by molar-refractivity contribution is -0.137. The number of Topliss-reactive ketones (excluding diaryl/α,β-unsaturated/α-hetero) is 1. The SMILES string of the molecule is CCOC(=O)C(=O)c1ccc(C(O)C(O)CN=[N+]=[N-])s1. The van der Waals surface area contributed by atoms with E-state index < -0.39 is 24.0 Å². The normalized spacial score (nSPS) is 13.2. The third kappa shape index (κ3) is 4.04. The molecule has 0 saturated carbocycles. The summed E-state index contributed by atoms with van der Waals surface area (Å²) in [4.78, 5) is 25.8. The van der Waals surface area contributed by atoms with E-state index in [1.54, 1.807) is 6.92 Å². The Kier molecular flexibility index (Phi) is 6.13. The Bertz CT molecular complexity index is 538. The number of ketones is 1. The van der Waals surface area contributed by atoms with Crippen molar-refractivity contribution >= 4 is 23.1 Å². The molecular formula is C11H13N3O5S. The second kappa shape index (κ2) is 7.61. The molecule has 0 spiro atoms. The van der Waals surface area contributed by atoms with E-state index in [1.165, 1.54) is 12.1 Å². The van der Waals surface area contributed by atoms with Gasteiger partial charge < -0.3 is 14.9 Å². The highest BCUT2D eigenvalue weighted by Crippen LogP contribution is 2.26. The summed E-state index contributed by atoms with van der Waals surface area (Å²) in [6, 6.07) is 2.78. The molecule has 1 heterocycles. The molecular weight excluding hydrogens is 286 g/mol. The average Bonchev–Trinajstić information content (AvgIpc) is 2.92. The number of rotatable bonds is 7. The smallest absolute Gasteiger partial charge is 0.380 e. The lowest BCUT2D eigenvalue weighted by atomic mass is 10.2. The summed E-state index contributed by atoms with van der Waals surface area (Å²) < 4.78 is 4.58. The van der Waals surface area contributed by atoms with Gasteiger partial charge in [0, 0.05) is 9.79 Å². The number of hydrogen-bond donors (Lipinski definition) is 2. The van der Waals surface area contributed by atoms with Gasteiger partial charge in [0.05, 0.1) is 24.1 Å². The molecule has 8 nitrogen and oxygen atoms in total. The number of ether oxygens (including phenoxy) is 1. The van der Waals surface area contributed by atoms with Crippen molar-refractivity contribution in [3.8, 4) is 0 Å². The zero-order chi connectivity index (χ0) is 15.1. The molecule has 0 amide bonds. The van der Waals surface area contributed by atoms with Crippen molar-refractivity contribution in [3.05, 3.63) is 32.3 Å². The molecule has 2 N–H and O–H groups in total. The van der Waals surface area contributed by atoms with Gasteiger partial charge in [-0.3, -0.25) is 4.79 Å². The van der Waals surface area contributed by atoms with Crippen molar-refractivity contribution in [2.45, 2.75) is 19.1 Å². The fraction of sp³-hybridized carbons (Fsp3) is 0.455. The molecule has 0 aromatic carbocycles. The molecule has 0 aliphatic heterocycles. The van der Waals surface area contributed by atoms with Crippen molar-refractivity contribution in [1.29, 1.82) is 0 Å². The Labute approximate surface area is 118 Å². The van der Waals surface area contributed by atoms with Crippen LogP contribution in [0, 0.1) is 0 Å². The summed E-state index contributed by atoms with van der Waals surface area (Å²) in [6.07, 6.45) is -2.58. The van der Waals surface area contributed by atoms with Gasteiger partial charge in [0.1, 0.15) is 6.10 Å². The Hall–Kier alpha value is -1.93. The number of esters is 1. The summed E-state index contributed by atoms with van der Waals surface area (Å²) >= 11 is 0.870. The van der Waals surface area contributed by atoms with E-state index in [1.807, 2.05) is 0 Å². The van der Waals surface area contributed by atoms with Gasteiger partial charge in [0.15, 0.2) is 0 Å². The fourth-order valence-electron chi connectivity index (χ4n) is 1.34. The van der Waals surface area contributed by atoms with Gasteiger partial charge >= 0.3 is 5.97 Å². The molecule has 9 heteroatoms. The lowest BCUT2D eigenvalue weighted by Crippen LogP contribution is -2.20. The predicted molar refractivity (Wildman–Crippen MR) is 70.3 cm³/mol. The van der Waals surface area contributed by atoms with E-state index in [4.69, 9.17) is 5.53 Å². The van der Waals surface area contributed by atoms with Crippen molar-refractivity contribution in [3.63, 3.8) is 0 Å². The first-order valence-corrected chi connectivity index (χ1v) is 6.51. The average molecular weight is 299 g/mol. The van der Waals surface area contributed by atoms with Gasteiger partial charge in [-0.25, -0.2) is 4.79 Å². The first kappa shape index (κ1) is 16.1. The molecule has 1 aromatic rings. The second-order valence-corrected chi connectivity index (χ2v) is 4.79. The highest BCUT2D eigenvalue weighted by Gasteiger charge is 2.24. The van der Waals surface area contributed by atoms with Crippen molar-refractivity contribution < 1.29 is 24.5 Å². The van der Waals surface area contributed by atoms with Gasteiger partial charge in [0.25, 0.3) is 5.78 Å². The molecule has 20 heavy (non-hydrogen) atoms. The molecule has 0 radical (unpaired) electrons. The molecule has 0 saturated heterocycles. The molecule has 2 atom stereocenters. The quantitative estimate of drug-likeness (QED) is 0.195. The number of carbonyl (C=O) groups excluding carboxylic acids is 2. The maximum Gasteiger partial charge on any atom is 0.380 e. The first-order valence-electron chi connectivity index (χ1n) is 5.69. The lowest BCUT2D eigenvalue weighted by Gasteiger charge is -2.13. The summed E-state index contributed by atoms with van der Waals surface area (Å²) in [6.45, 7) is 1.38. The van der Waals surface area contributed by atoms with Crippen molar-refractivity contribution in [2.75, 3.05) is 13.2 Å². The largest absolute Gasteiger partial charge is 0.460 e. The molecule has 0 bridgehead atoms. The Morgan fingerprint density at radius 1 is 1.50 bits per heavy atom. The summed E-state index contributed by atoms with van der Waals surface area (Å²) in [5.74, 6) is -1.77. The minimum atomic E-state index is -1.30. The van der Waals surface area contributed by atoms with Crippen LogP contribution in [-0.2, 0) is 9.53 Å². The van der Waals surface area contributed by atoms with Gasteiger partial charge in [-0.05, 0) is 24.6 Å². The predicted octanol–water partition coefficient (Wildman–Crippen LogP) is 1.20. The van der Waals surface area contributed by atoms with E-state index in [-0.39, 0.29) is 18.0 Å². The maximum atomic E-state index is 11.6. The minimum Gasteiger partial charge on any atom is -0.460 e. The van der Waals surface area contributed by atoms with Crippen LogP contribution in [-0.4, -0.2) is 41.2 Å². The third-order valence-electron chi connectivity index (χ3n) is 2.30. The molecule has 0 aliphatic carbocycles. The Balaban J connectivity index is 2.78. The molecule has 0 fully saturated rings. The fourth-order valence-corrected chi connectivity index (χ4v) is 2.32. The van der Waals surface area contributed by atoms with Crippen LogP contribution in [0.3, 0.4) is 0 Å². The van der Waals surface area contributed by atoms with Gasteiger partial charge in [-0.15, -0.1) is 11.3 Å². The maximum absolute atomic E-state index is 11.6. The van der Waals surface area contributed by atoms with Crippen molar-refractivity contribution in [1.82, 2.24) is 0 Å². The number of carbonyl (C=O) groups is 2. The number of nitrogens with zero attached hydrogens (tertiary/aromatic N) is 3. The number of azide groups is 1. The number of aliphatic hydroxyl groups is 2. The van der Waals surface area contributed by atoms with Gasteiger partial charge in [-0.2, -0.15) is 0 Å². The van der Waals surface area contributed by atoms with E-state index in [9.17, 15) is 19.8 Å². The molecule has 1 rings (SSSR count). The van der Waals surface area contributed by atoms with Crippen LogP contribution < -0.4 is 0 Å². The Morgan fingerprint density at radius 2 is 2.20 bits per heavy atom. The molecule has 0 aliphatic rings. The van der Waals surface area contributed by atoms with Crippen LogP contribution in [0.25, 0.3) is 10.4 Å². The van der Waals surface area contributed by atoms with E-state index in [2.05, 4.69) is 14.8 Å². The van der Waals surface area contributed by atoms with Crippen LogP contribution >= 0.6 is 11.3 Å². The Morgan fingerprint density at radius 3 is 2.80 bits per heavy atom.